The molecule has 168 valence electrons. The molecule has 0 N–H and O–H groups in total. The Morgan fingerprint density at radius 3 is 2.29 bits per heavy atom. The number of carbonyl (C=O) groups excluding carboxylic acids is 1. The van der Waals surface area contributed by atoms with Crippen LogP contribution in [-0.2, 0) is 16.6 Å². The van der Waals surface area contributed by atoms with Gasteiger partial charge in [0.15, 0.2) is 0 Å². The van der Waals surface area contributed by atoms with Gasteiger partial charge in [-0.15, -0.1) is 11.8 Å². The van der Waals surface area contributed by atoms with E-state index in [0.717, 1.165) is 55.0 Å². The fraction of sp³-hybridized carbons (Fsp3) is 0.435. The Labute approximate surface area is 189 Å². The molecule has 0 radical (unpaired) electrons. The summed E-state index contributed by atoms with van der Waals surface area (Å²) in [6.07, 6.45) is 6.14. The number of hydrogen-bond acceptors (Lipinski definition) is 5. The largest absolute Gasteiger partial charge is 0.497 e. The summed E-state index contributed by atoms with van der Waals surface area (Å²) in [5, 5.41) is 0. The molecular formula is C23H30N2O4S2. The Bertz CT molecular complexity index is 999. The molecule has 0 bridgehead atoms. The number of amides is 1. The van der Waals surface area contributed by atoms with Gasteiger partial charge in [-0.1, -0.05) is 25.0 Å². The highest BCUT2D eigenvalue weighted by Gasteiger charge is 2.26. The monoisotopic (exact) mass is 462 g/mol. The van der Waals surface area contributed by atoms with Crippen molar-refractivity contribution in [2.24, 2.45) is 0 Å². The Balaban J connectivity index is 1.86. The number of likely N-dealkylation sites (tertiary alicyclic amines) is 1. The lowest BCUT2D eigenvalue weighted by Crippen LogP contribution is -2.32. The zero-order valence-electron chi connectivity index (χ0n) is 18.3. The third kappa shape index (κ3) is 5.61. The van der Waals surface area contributed by atoms with Gasteiger partial charge in [-0.3, -0.25) is 4.79 Å². The molecule has 0 saturated carbocycles. The molecule has 2 aromatic rings. The minimum absolute atomic E-state index is 0.0823. The van der Waals surface area contributed by atoms with Gasteiger partial charge in [0.2, 0.25) is 10.0 Å². The fourth-order valence-electron chi connectivity index (χ4n) is 3.71. The van der Waals surface area contributed by atoms with Gasteiger partial charge < -0.3 is 9.64 Å². The average Bonchev–Trinajstić information content (AvgIpc) is 3.08. The molecule has 1 aliphatic rings. The predicted octanol–water partition coefficient (Wildman–Crippen LogP) is 4.25. The quantitative estimate of drug-likeness (QED) is 0.576. The predicted molar refractivity (Wildman–Crippen MR) is 124 cm³/mol. The van der Waals surface area contributed by atoms with Gasteiger partial charge in [-0.25, -0.2) is 8.42 Å². The summed E-state index contributed by atoms with van der Waals surface area (Å²) in [5.41, 5.74) is 1.32. The molecule has 2 aromatic carbocycles. The number of benzene rings is 2. The number of ether oxygens (including phenoxy) is 1. The van der Waals surface area contributed by atoms with Crippen molar-refractivity contribution in [1.29, 1.82) is 0 Å². The topological polar surface area (TPSA) is 66.9 Å². The van der Waals surface area contributed by atoms with E-state index in [4.69, 9.17) is 4.74 Å². The first-order chi connectivity index (χ1) is 14.9. The molecule has 3 rings (SSSR count). The molecule has 1 heterocycles. The molecule has 1 saturated heterocycles. The summed E-state index contributed by atoms with van der Waals surface area (Å²) >= 11 is 1.46. The van der Waals surface area contributed by atoms with Crippen LogP contribution >= 0.6 is 11.8 Å². The number of hydrogen-bond donors (Lipinski definition) is 0. The molecule has 1 fully saturated rings. The molecule has 0 atom stereocenters. The second-order valence-electron chi connectivity index (χ2n) is 7.68. The number of nitrogens with zero attached hydrogens (tertiary/aromatic N) is 2. The minimum Gasteiger partial charge on any atom is -0.497 e. The maximum absolute atomic E-state index is 13.2. The van der Waals surface area contributed by atoms with E-state index in [1.807, 2.05) is 23.3 Å². The normalized spacial score (nSPS) is 15.0. The average molecular weight is 463 g/mol. The van der Waals surface area contributed by atoms with Crippen LogP contribution in [0.25, 0.3) is 0 Å². The zero-order chi connectivity index (χ0) is 22.4. The second kappa shape index (κ2) is 10.5. The molecule has 31 heavy (non-hydrogen) atoms. The van der Waals surface area contributed by atoms with E-state index in [2.05, 4.69) is 0 Å². The van der Waals surface area contributed by atoms with E-state index in [1.165, 1.54) is 16.1 Å². The Morgan fingerprint density at radius 2 is 1.71 bits per heavy atom. The van der Waals surface area contributed by atoms with Crippen molar-refractivity contribution in [2.75, 3.05) is 33.5 Å². The number of methoxy groups -OCH3 is 1. The standard InChI is InChI=1S/C23H30N2O4S2/c1-24(17-18-8-10-19(29-2)11-9-18)31(27,28)20-12-13-22(30-3)21(16-20)23(26)25-14-6-4-5-7-15-25/h8-13,16H,4-7,14-15,17H2,1-3H3. The third-order valence-corrected chi connectivity index (χ3v) is 8.16. The van der Waals surface area contributed by atoms with Crippen molar-refractivity contribution in [2.45, 2.75) is 42.0 Å². The van der Waals surface area contributed by atoms with E-state index in [0.29, 0.717) is 5.56 Å². The van der Waals surface area contributed by atoms with Gasteiger partial charge in [0.1, 0.15) is 5.75 Å². The van der Waals surface area contributed by atoms with E-state index in [9.17, 15) is 13.2 Å². The van der Waals surface area contributed by atoms with Gasteiger partial charge in [0, 0.05) is 31.6 Å². The molecule has 0 spiro atoms. The minimum atomic E-state index is -3.75. The zero-order valence-corrected chi connectivity index (χ0v) is 20.0. The number of rotatable bonds is 7. The highest BCUT2D eigenvalue weighted by molar-refractivity contribution is 7.98. The van der Waals surface area contributed by atoms with Crippen LogP contribution in [-0.4, -0.2) is 57.0 Å². The second-order valence-corrected chi connectivity index (χ2v) is 10.6. The van der Waals surface area contributed by atoms with Gasteiger partial charge in [0.05, 0.1) is 17.6 Å². The van der Waals surface area contributed by atoms with Crippen molar-refractivity contribution >= 4 is 27.7 Å². The van der Waals surface area contributed by atoms with Crippen LogP contribution < -0.4 is 4.74 Å². The third-order valence-electron chi connectivity index (χ3n) is 5.57. The van der Waals surface area contributed by atoms with Crippen LogP contribution in [0, 0.1) is 0 Å². The first-order valence-electron chi connectivity index (χ1n) is 10.4. The Morgan fingerprint density at radius 1 is 1.06 bits per heavy atom. The molecule has 6 nitrogen and oxygen atoms in total. The van der Waals surface area contributed by atoms with Gasteiger partial charge >= 0.3 is 0 Å². The van der Waals surface area contributed by atoms with Crippen LogP contribution in [0.1, 0.15) is 41.6 Å². The van der Waals surface area contributed by atoms with Gasteiger partial charge in [0.25, 0.3) is 5.91 Å². The molecule has 0 unspecified atom stereocenters. The van der Waals surface area contributed by atoms with Crippen molar-refractivity contribution in [3.63, 3.8) is 0 Å². The van der Waals surface area contributed by atoms with Crippen LogP contribution in [0.3, 0.4) is 0 Å². The smallest absolute Gasteiger partial charge is 0.255 e. The first kappa shape index (κ1) is 23.6. The van der Waals surface area contributed by atoms with Gasteiger partial charge in [-0.2, -0.15) is 4.31 Å². The molecule has 1 amide bonds. The van der Waals surface area contributed by atoms with Gasteiger partial charge in [-0.05, 0) is 55.0 Å². The van der Waals surface area contributed by atoms with E-state index >= 15 is 0 Å². The van der Waals surface area contributed by atoms with Crippen molar-refractivity contribution < 1.29 is 17.9 Å². The highest BCUT2D eigenvalue weighted by atomic mass is 32.2. The van der Waals surface area contributed by atoms with E-state index in [-0.39, 0.29) is 17.3 Å². The molecule has 0 aliphatic carbocycles. The number of sulfonamides is 1. The van der Waals surface area contributed by atoms with E-state index < -0.39 is 10.0 Å². The lowest BCUT2D eigenvalue weighted by atomic mass is 10.2. The number of thioether (sulfide) groups is 1. The van der Waals surface area contributed by atoms with E-state index in [1.54, 1.807) is 44.5 Å². The van der Waals surface area contributed by atoms with Crippen molar-refractivity contribution in [1.82, 2.24) is 9.21 Å². The fourth-order valence-corrected chi connectivity index (χ4v) is 5.47. The summed E-state index contributed by atoms with van der Waals surface area (Å²) in [4.78, 5) is 16.0. The van der Waals surface area contributed by atoms with Crippen molar-refractivity contribution in [3.05, 3.63) is 53.6 Å². The van der Waals surface area contributed by atoms with Crippen LogP contribution in [0.5, 0.6) is 5.75 Å². The highest BCUT2D eigenvalue weighted by Crippen LogP contribution is 2.28. The van der Waals surface area contributed by atoms with Crippen LogP contribution in [0.15, 0.2) is 52.3 Å². The SMILES string of the molecule is COc1ccc(CN(C)S(=O)(=O)c2ccc(SC)c(C(=O)N3CCCCCC3)c2)cc1. The van der Waals surface area contributed by atoms with Crippen molar-refractivity contribution in [3.8, 4) is 5.75 Å². The molecular weight excluding hydrogens is 432 g/mol. The number of carbonyl (C=O) groups is 1. The van der Waals surface area contributed by atoms with Crippen LogP contribution in [0.2, 0.25) is 0 Å². The summed E-state index contributed by atoms with van der Waals surface area (Å²) in [5.74, 6) is 0.639. The molecule has 1 aliphatic heterocycles. The molecule has 8 heteroatoms. The molecule has 0 aromatic heterocycles. The lowest BCUT2D eigenvalue weighted by molar-refractivity contribution is 0.0758. The lowest BCUT2D eigenvalue weighted by Gasteiger charge is -2.23. The Kier molecular flexibility index (Phi) is 8.02. The first-order valence-corrected chi connectivity index (χ1v) is 13.1. The Hall–Kier alpha value is -2.03. The summed E-state index contributed by atoms with van der Waals surface area (Å²) in [6, 6.07) is 12.2. The maximum Gasteiger partial charge on any atom is 0.255 e. The van der Waals surface area contributed by atoms with Crippen LogP contribution in [0.4, 0.5) is 0 Å². The summed E-state index contributed by atoms with van der Waals surface area (Å²) in [6.45, 7) is 1.67. The summed E-state index contributed by atoms with van der Waals surface area (Å²) < 4.78 is 32.9. The summed E-state index contributed by atoms with van der Waals surface area (Å²) in [7, 11) is -0.604. The maximum atomic E-state index is 13.2.